The topological polar surface area (TPSA) is 98.7 Å². The number of carbonyl (C=O) groups is 3. The summed E-state index contributed by atoms with van der Waals surface area (Å²) in [6.07, 6.45) is 0.728. The Hall–Kier alpha value is -3.33. The highest BCUT2D eigenvalue weighted by Crippen LogP contribution is 2.69. The molecule has 2 bridgehead atoms. The maximum Gasteiger partial charge on any atom is 0.248 e. The third kappa shape index (κ3) is 4.72. The maximum atomic E-state index is 14.5. The molecule has 3 aromatic rings. The van der Waals surface area contributed by atoms with Crippen LogP contribution in [-0.4, -0.2) is 50.4 Å². The first-order chi connectivity index (χ1) is 19.8. The predicted octanol–water partition coefficient (Wildman–Crippen LogP) is 4.67. The highest BCUT2D eigenvalue weighted by molar-refractivity contribution is 8.02. The van der Waals surface area contributed by atoms with Crippen molar-refractivity contribution in [2.24, 2.45) is 17.8 Å². The molecule has 1 spiro atoms. The number of likely N-dealkylation sites (tertiary alicyclic amines) is 1. The summed E-state index contributed by atoms with van der Waals surface area (Å²) >= 11 is 7.67. The molecular formula is C32H32ClN3O4S. The third-order valence-corrected chi connectivity index (χ3v) is 11.2. The minimum atomic E-state index is -0.884. The number of anilines is 1. The van der Waals surface area contributed by atoms with Gasteiger partial charge in [-0.15, -0.1) is 11.8 Å². The zero-order valence-electron chi connectivity index (χ0n) is 22.6. The van der Waals surface area contributed by atoms with Gasteiger partial charge in [-0.1, -0.05) is 79.2 Å². The van der Waals surface area contributed by atoms with Crippen molar-refractivity contribution in [1.29, 1.82) is 0 Å². The first-order valence-corrected chi connectivity index (χ1v) is 15.1. The number of hydrogen-bond donors (Lipinski definition) is 3. The lowest BCUT2D eigenvalue weighted by Crippen LogP contribution is -2.55. The molecule has 3 amide bonds. The van der Waals surface area contributed by atoms with Gasteiger partial charge in [-0.05, 0) is 47.7 Å². The molecule has 3 aliphatic rings. The summed E-state index contributed by atoms with van der Waals surface area (Å²) in [4.78, 5) is 44.1. The Balaban J connectivity index is 1.38. The summed E-state index contributed by atoms with van der Waals surface area (Å²) in [5.41, 5.74) is 2.28. The van der Waals surface area contributed by atoms with Gasteiger partial charge >= 0.3 is 0 Å². The van der Waals surface area contributed by atoms with E-state index in [2.05, 4.69) is 17.6 Å². The van der Waals surface area contributed by atoms with E-state index in [0.717, 1.165) is 17.5 Å². The summed E-state index contributed by atoms with van der Waals surface area (Å²) in [6, 6.07) is 24.2. The van der Waals surface area contributed by atoms with Crippen LogP contribution >= 0.6 is 23.4 Å². The lowest BCUT2D eigenvalue weighted by molar-refractivity contribution is -0.142. The van der Waals surface area contributed by atoms with Crippen molar-refractivity contribution in [2.75, 3.05) is 11.9 Å². The van der Waals surface area contributed by atoms with Crippen molar-refractivity contribution in [3.63, 3.8) is 0 Å². The molecule has 3 N–H and O–H groups in total. The molecule has 9 heteroatoms. The highest BCUT2D eigenvalue weighted by atomic mass is 35.5. The van der Waals surface area contributed by atoms with Crippen LogP contribution in [0.15, 0.2) is 84.9 Å². The smallest absolute Gasteiger partial charge is 0.248 e. The van der Waals surface area contributed by atoms with Gasteiger partial charge in [0.15, 0.2) is 0 Å². The quantitative estimate of drug-likeness (QED) is 0.355. The molecule has 0 saturated carbocycles. The molecular weight excluding hydrogens is 558 g/mol. The summed E-state index contributed by atoms with van der Waals surface area (Å²) in [5, 5.41) is 17.2. The normalized spacial score (nSPS) is 28.8. The Morgan fingerprint density at radius 1 is 1.02 bits per heavy atom. The Bertz CT molecular complexity index is 1440. The van der Waals surface area contributed by atoms with Crippen LogP contribution in [0.4, 0.5) is 5.69 Å². The van der Waals surface area contributed by atoms with Crippen LogP contribution in [0.3, 0.4) is 0 Å². The predicted molar refractivity (Wildman–Crippen MR) is 160 cm³/mol. The number of aliphatic hydroxyl groups excluding tert-OH is 1. The zero-order chi connectivity index (χ0) is 28.7. The van der Waals surface area contributed by atoms with E-state index in [-0.39, 0.29) is 35.5 Å². The van der Waals surface area contributed by atoms with Gasteiger partial charge in [0, 0.05) is 22.5 Å². The number of nitrogens with zero attached hydrogens (tertiary/aromatic N) is 1. The average molecular weight is 590 g/mol. The molecule has 212 valence electrons. The van der Waals surface area contributed by atoms with Crippen molar-refractivity contribution in [3.8, 4) is 0 Å². The second kappa shape index (κ2) is 11.2. The van der Waals surface area contributed by atoms with Crippen LogP contribution in [-0.2, 0) is 20.9 Å². The van der Waals surface area contributed by atoms with E-state index in [9.17, 15) is 19.5 Å². The van der Waals surface area contributed by atoms with Crippen LogP contribution in [0.2, 0.25) is 5.02 Å². The van der Waals surface area contributed by atoms with E-state index in [1.165, 1.54) is 0 Å². The minimum absolute atomic E-state index is 0.00528. The molecule has 3 aliphatic heterocycles. The summed E-state index contributed by atoms with van der Waals surface area (Å²) < 4.78 is -0.810. The van der Waals surface area contributed by atoms with Crippen LogP contribution in [0.25, 0.3) is 0 Å². The fraction of sp³-hybridized carbons (Fsp3) is 0.344. The highest BCUT2D eigenvalue weighted by Gasteiger charge is 2.76. The molecule has 0 radical (unpaired) electrons. The molecule has 3 saturated heterocycles. The molecule has 3 aromatic carbocycles. The van der Waals surface area contributed by atoms with Crippen LogP contribution in [0.5, 0.6) is 0 Å². The van der Waals surface area contributed by atoms with Gasteiger partial charge in [0.25, 0.3) is 0 Å². The van der Waals surface area contributed by atoms with Gasteiger partial charge in [0.2, 0.25) is 17.7 Å². The van der Waals surface area contributed by atoms with Gasteiger partial charge in [0.05, 0.1) is 29.2 Å². The number of rotatable bonds is 8. The van der Waals surface area contributed by atoms with Gasteiger partial charge in [-0.3, -0.25) is 14.4 Å². The number of hydrogen-bond acceptors (Lipinski definition) is 5. The number of thioether (sulfide) groups is 1. The molecule has 0 aliphatic carbocycles. The van der Waals surface area contributed by atoms with Crippen molar-refractivity contribution >= 4 is 46.8 Å². The van der Waals surface area contributed by atoms with Crippen LogP contribution in [0, 0.1) is 17.8 Å². The Kier molecular flexibility index (Phi) is 7.57. The van der Waals surface area contributed by atoms with E-state index in [1.807, 2.05) is 60.7 Å². The van der Waals surface area contributed by atoms with E-state index in [0.29, 0.717) is 17.3 Å². The third-order valence-electron chi connectivity index (χ3n) is 8.85. The number of carbonyl (C=O) groups excluding carboxylic acids is 3. The number of fused-ring (bicyclic) bond motifs is 1. The Labute approximate surface area is 248 Å². The zero-order valence-corrected chi connectivity index (χ0v) is 24.1. The molecule has 3 fully saturated rings. The second-order valence-electron chi connectivity index (χ2n) is 11.1. The van der Waals surface area contributed by atoms with Crippen molar-refractivity contribution in [1.82, 2.24) is 10.2 Å². The molecule has 7 atom stereocenters. The Morgan fingerprint density at radius 2 is 1.68 bits per heavy atom. The van der Waals surface area contributed by atoms with E-state index < -0.39 is 28.7 Å². The van der Waals surface area contributed by atoms with Crippen LogP contribution < -0.4 is 10.6 Å². The maximum absolute atomic E-state index is 14.5. The fourth-order valence-corrected chi connectivity index (χ4v) is 9.61. The lowest BCUT2D eigenvalue weighted by Gasteiger charge is -2.40. The van der Waals surface area contributed by atoms with Gasteiger partial charge < -0.3 is 20.6 Å². The Morgan fingerprint density at radius 3 is 2.34 bits per heavy atom. The average Bonchev–Trinajstić information content (AvgIpc) is 3.58. The van der Waals surface area contributed by atoms with Crippen molar-refractivity contribution in [2.45, 2.75) is 42.0 Å². The first kappa shape index (κ1) is 27.8. The molecule has 3 unspecified atom stereocenters. The molecule has 3 heterocycles. The second-order valence-corrected chi connectivity index (χ2v) is 13.1. The number of nitrogens with one attached hydrogen (secondary N) is 2. The summed E-state index contributed by atoms with van der Waals surface area (Å²) in [5.74, 6) is -2.01. The molecule has 41 heavy (non-hydrogen) atoms. The minimum Gasteiger partial charge on any atom is -0.394 e. The van der Waals surface area contributed by atoms with Gasteiger partial charge in [-0.2, -0.15) is 0 Å². The van der Waals surface area contributed by atoms with E-state index in [1.54, 1.807) is 40.9 Å². The standard InChI is InChI=1S/C32H32ClN3O4S/c1-19-16-25-26(29(38)34-17-20-8-4-2-5-9-20)27-31(40)36(24(18-37)21-10-6-3-7-11-21)28(32(19,27)41-25)30(39)35-23-14-12-22(33)13-15-23/h2-15,19,24-28,37H,16-18H2,1H3,(H,34,38)(H,35,39)/t19?,24-,25-,26+,27+,28?,32?/m1/s1. The van der Waals surface area contributed by atoms with Crippen molar-refractivity contribution < 1.29 is 19.5 Å². The molecule has 0 aromatic heterocycles. The lowest BCUT2D eigenvalue weighted by atomic mass is 9.66. The largest absolute Gasteiger partial charge is 0.394 e. The fourth-order valence-electron chi connectivity index (χ4n) is 7.07. The summed E-state index contributed by atoms with van der Waals surface area (Å²) in [7, 11) is 0. The molecule has 6 rings (SSSR count). The van der Waals surface area contributed by atoms with Crippen molar-refractivity contribution in [3.05, 3.63) is 101 Å². The first-order valence-electron chi connectivity index (χ1n) is 13.9. The number of benzene rings is 3. The molecule has 7 nitrogen and oxygen atoms in total. The number of aliphatic hydroxyl groups is 1. The number of amides is 3. The van der Waals surface area contributed by atoms with Crippen LogP contribution in [0.1, 0.15) is 30.5 Å². The monoisotopic (exact) mass is 589 g/mol. The number of halogens is 1. The summed E-state index contributed by atoms with van der Waals surface area (Å²) in [6.45, 7) is 2.09. The van der Waals surface area contributed by atoms with Gasteiger partial charge in [-0.25, -0.2) is 0 Å². The van der Waals surface area contributed by atoms with E-state index in [4.69, 9.17) is 11.6 Å². The van der Waals surface area contributed by atoms with E-state index >= 15 is 0 Å². The van der Waals surface area contributed by atoms with Gasteiger partial charge in [0.1, 0.15) is 6.04 Å². The SMILES string of the molecule is CC1C[C@H]2SC13C(C(=O)Nc1ccc(Cl)cc1)N([C@H](CO)c1ccccc1)C(=O)[C@@H]3[C@H]2C(=O)NCc1ccccc1.